The van der Waals surface area contributed by atoms with Gasteiger partial charge in [-0.3, -0.25) is 9.69 Å². The van der Waals surface area contributed by atoms with E-state index in [1.165, 1.54) is 15.5 Å². The summed E-state index contributed by atoms with van der Waals surface area (Å²) in [6.45, 7) is 9.16. The predicted octanol–water partition coefficient (Wildman–Crippen LogP) is -2.03. The van der Waals surface area contributed by atoms with Crippen LogP contribution in [0.1, 0.15) is 30.1 Å². The van der Waals surface area contributed by atoms with E-state index >= 15 is 0 Å². The second kappa shape index (κ2) is 19.8. The van der Waals surface area contributed by atoms with Crippen LogP contribution >= 0.6 is 11.8 Å². The molecule has 4 rings (SSSR count). The highest BCUT2D eigenvalue weighted by molar-refractivity contribution is 7.99. The summed E-state index contributed by atoms with van der Waals surface area (Å²) in [5.74, 6) is -5.99. The number of carboxylic acid groups (broad SMARTS) is 4. The molecular formula is C32H35N3O10S-4. The predicted molar refractivity (Wildman–Crippen MR) is 162 cm³/mol. The van der Waals surface area contributed by atoms with E-state index in [9.17, 15) is 44.4 Å². The molecule has 0 amide bonds. The Labute approximate surface area is 271 Å². The van der Waals surface area contributed by atoms with Crippen molar-refractivity contribution in [2.45, 2.75) is 29.6 Å². The Morgan fingerprint density at radius 1 is 0.717 bits per heavy atom. The van der Waals surface area contributed by atoms with Crippen molar-refractivity contribution in [1.82, 2.24) is 9.80 Å². The third-order valence-corrected chi connectivity index (χ3v) is 7.85. The highest BCUT2D eigenvalue weighted by Crippen LogP contribution is 2.48. The number of aliphatic hydroxyl groups excluding tert-OH is 1. The minimum absolute atomic E-state index is 0.197. The van der Waals surface area contributed by atoms with Gasteiger partial charge in [0.25, 0.3) is 0 Å². The molecule has 0 aliphatic carbocycles. The van der Waals surface area contributed by atoms with Gasteiger partial charge < -0.3 is 54.5 Å². The average Bonchev–Trinajstić information content (AvgIpc) is 3.03. The van der Waals surface area contributed by atoms with Gasteiger partial charge in [0.2, 0.25) is 0 Å². The van der Waals surface area contributed by atoms with Gasteiger partial charge in [0, 0.05) is 61.0 Å². The van der Waals surface area contributed by atoms with E-state index in [0.717, 1.165) is 63.5 Å². The number of carbonyl (C=O) groups excluding carboxylic acids is 5. The SMILES string of the molecule is CCC(=O)c1ccc2c(c1)N(CCCN1CCN(CCO)CC1)c1ccccc1S2.O=C([O-])/C=C\C(=O)[O-].O=C([O-])/C=C\C(=O)[O-]. The Morgan fingerprint density at radius 3 is 1.72 bits per heavy atom. The number of ketones is 1. The first kappa shape index (κ1) is 37.7. The molecule has 0 aromatic heterocycles. The van der Waals surface area contributed by atoms with E-state index in [-0.39, 0.29) is 12.4 Å². The quantitative estimate of drug-likeness (QED) is 0.194. The van der Waals surface area contributed by atoms with Crippen LogP contribution in [0.3, 0.4) is 0 Å². The zero-order valence-electron chi connectivity index (χ0n) is 25.3. The van der Waals surface area contributed by atoms with E-state index in [2.05, 4.69) is 51.1 Å². The van der Waals surface area contributed by atoms with Crippen molar-refractivity contribution in [1.29, 1.82) is 0 Å². The maximum absolute atomic E-state index is 12.3. The summed E-state index contributed by atoms with van der Waals surface area (Å²) in [6.07, 6.45) is 3.14. The van der Waals surface area contributed by atoms with Crippen molar-refractivity contribution in [2.75, 3.05) is 57.3 Å². The average molecular weight is 654 g/mol. The van der Waals surface area contributed by atoms with Crippen LogP contribution in [0.5, 0.6) is 0 Å². The third kappa shape index (κ3) is 13.2. The summed E-state index contributed by atoms with van der Waals surface area (Å²) in [7, 11) is 0. The highest BCUT2D eigenvalue weighted by atomic mass is 32.2. The molecule has 0 spiro atoms. The summed E-state index contributed by atoms with van der Waals surface area (Å²) < 4.78 is 0. The first-order valence-electron chi connectivity index (χ1n) is 14.4. The molecule has 2 aliphatic rings. The van der Waals surface area contributed by atoms with Gasteiger partial charge in [-0.25, -0.2) is 0 Å². The largest absolute Gasteiger partial charge is 0.545 e. The van der Waals surface area contributed by atoms with Gasteiger partial charge in [-0.1, -0.05) is 36.9 Å². The number of piperazine rings is 1. The number of anilines is 2. The van der Waals surface area contributed by atoms with Gasteiger partial charge >= 0.3 is 0 Å². The number of nitrogens with zero attached hydrogens (tertiary/aromatic N) is 3. The number of Topliss-reactive ketones (excluding diaryl/α,β-unsaturated/α-hetero) is 1. The van der Waals surface area contributed by atoms with Crippen LogP contribution in [0.15, 0.2) is 76.6 Å². The highest BCUT2D eigenvalue weighted by Gasteiger charge is 2.24. The Kier molecular flexibility index (Phi) is 16.2. The molecule has 0 saturated carbocycles. The molecule has 0 bridgehead atoms. The fourth-order valence-corrected chi connectivity index (χ4v) is 5.63. The van der Waals surface area contributed by atoms with Crippen LogP contribution < -0.4 is 25.3 Å². The summed E-state index contributed by atoms with van der Waals surface area (Å²) in [4.78, 5) is 59.7. The van der Waals surface area contributed by atoms with Crippen LogP contribution in [-0.4, -0.2) is 97.0 Å². The fraction of sp³-hybridized carbons (Fsp3) is 0.344. The molecule has 2 heterocycles. The molecule has 2 aromatic carbocycles. The Balaban J connectivity index is 0.000000381. The van der Waals surface area contributed by atoms with Crippen molar-refractivity contribution in [3.63, 3.8) is 0 Å². The number of β-amino-alcohol motifs (C(OH)–C–C–N with tert-alkyl or cyclic N) is 1. The van der Waals surface area contributed by atoms with Crippen molar-refractivity contribution >= 4 is 52.8 Å². The molecule has 1 fully saturated rings. The zero-order valence-corrected chi connectivity index (χ0v) is 26.1. The Morgan fingerprint density at radius 2 is 1.22 bits per heavy atom. The van der Waals surface area contributed by atoms with E-state index in [0.29, 0.717) is 30.7 Å². The Hall–Kier alpha value is -4.50. The topological polar surface area (TPSA) is 208 Å². The second-order valence-electron chi connectivity index (χ2n) is 9.88. The van der Waals surface area contributed by atoms with Crippen LogP contribution in [0.2, 0.25) is 0 Å². The molecule has 13 nitrogen and oxygen atoms in total. The lowest BCUT2D eigenvalue weighted by Crippen LogP contribution is -2.47. The van der Waals surface area contributed by atoms with Gasteiger partial charge in [0.05, 0.1) is 41.9 Å². The Bertz CT molecular complexity index is 1350. The number of aliphatic carboxylic acids is 4. The fourth-order valence-electron chi connectivity index (χ4n) is 4.55. The minimum Gasteiger partial charge on any atom is -0.545 e. The van der Waals surface area contributed by atoms with Crippen LogP contribution in [0.25, 0.3) is 0 Å². The molecule has 1 saturated heterocycles. The summed E-state index contributed by atoms with van der Waals surface area (Å²) in [5, 5.41) is 46.8. The lowest BCUT2D eigenvalue weighted by Gasteiger charge is -2.36. The monoisotopic (exact) mass is 653 g/mol. The van der Waals surface area contributed by atoms with Gasteiger partial charge in [-0.05, 0) is 61.5 Å². The second-order valence-corrected chi connectivity index (χ2v) is 11.0. The van der Waals surface area contributed by atoms with Crippen molar-refractivity contribution in [3.8, 4) is 0 Å². The number of rotatable bonds is 12. The molecule has 0 atom stereocenters. The summed E-state index contributed by atoms with van der Waals surface area (Å²) >= 11 is 1.79. The lowest BCUT2D eigenvalue weighted by atomic mass is 10.1. The first-order valence-corrected chi connectivity index (χ1v) is 15.2. The summed E-state index contributed by atoms with van der Waals surface area (Å²) in [5.41, 5.74) is 3.20. The number of hydrogen-bond acceptors (Lipinski definition) is 14. The molecule has 2 aromatic rings. The molecule has 14 heteroatoms. The van der Waals surface area contributed by atoms with Crippen LogP contribution in [-0.2, 0) is 19.2 Å². The molecular weight excluding hydrogens is 618 g/mol. The van der Waals surface area contributed by atoms with E-state index < -0.39 is 23.9 Å². The van der Waals surface area contributed by atoms with Gasteiger partial charge in [-0.2, -0.15) is 0 Å². The standard InChI is InChI=1S/C24H31N3O2S.2C4H4O4/c1-2-22(29)19-8-9-24-21(18-19)27(20-6-3-4-7-23(20)30-24)11-5-10-25-12-14-26(15-13-25)16-17-28;2*5-3(6)1-2-4(7)8/h3-4,6-9,18,28H,2,5,10-17H2,1H3;2*1-2H,(H,5,6)(H,7,8)/p-4/b;2*2-1-. The molecule has 46 heavy (non-hydrogen) atoms. The maximum atomic E-state index is 12.3. The number of benzene rings is 2. The smallest absolute Gasteiger partial charge is 0.162 e. The van der Waals surface area contributed by atoms with Crippen molar-refractivity contribution < 1.29 is 49.5 Å². The number of fused-ring (bicyclic) bond motifs is 2. The van der Waals surface area contributed by atoms with Gasteiger partial charge in [0.1, 0.15) is 0 Å². The number of para-hydroxylation sites is 1. The zero-order chi connectivity index (χ0) is 34.1. The molecule has 248 valence electrons. The summed E-state index contributed by atoms with van der Waals surface area (Å²) in [6, 6.07) is 14.7. The first-order chi connectivity index (χ1) is 21.9. The van der Waals surface area contributed by atoms with Gasteiger partial charge in [0.15, 0.2) is 5.78 Å². The number of aliphatic hydroxyl groups is 1. The third-order valence-electron chi connectivity index (χ3n) is 6.72. The molecule has 2 aliphatic heterocycles. The maximum Gasteiger partial charge on any atom is 0.162 e. The van der Waals surface area contributed by atoms with E-state index in [4.69, 9.17) is 5.11 Å². The van der Waals surface area contributed by atoms with Crippen LogP contribution in [0.4, 0.5) is 11.4 Å². The number of hydrogen-bond donors (Lipinski definition) is 1. The lowest BCUT2D eigenvalue weighted by molar-refractivity contribution is -0.301. The van der Waals surface area contributed by atoms with E-state index in [1.54, 1.807) is 11.8 Å². The number of carbonyl (C=O) groups is 5. The van der Waals surface area contributed by atoms with Crippen LogP contribution in [0, 0.1) is 0 Å². The van der Waals surface area contributed by atoms with Crippen molar-refractivity contribution in [3.05, 3.63) is 72.3 Å². The normalized spacial score (nSPS) is 14.3. The molecule has 1 N–H and O–H groups in total. The molecule has 0 unspecified atom stereocenters. The van der Waals surface area contributed by atoms with Gasteiger partial charge in [-0.15, -0.1) is 0 Å². The van der Waals surface area contributed by atoms with Crippen molar-refractivity contribution in [2.24, 2.45) is 0 Å². The van der Waals surface area contributed by atoms with E-state index in [1.807, 2.05) is 13.0 Å². The minimum atomic E-state index is -1.55. The number of carboxylic acids is 4. The molecule has 0 radical (unpaired) electrons.